The maximum atomic E-state index is 13.7. The molecule has 11 heteroatoms. The number of carbonyl (C=O) groups excluding carboxylic acids is 2. The van der Waals surface area contributed by atoms with Crippen LogP contribution in [0.25, 0.3) is 0 Å². The van der Waals surface area contributed by atoms with Crippen molar-refractivity contribution in [3.8, 4) is 0 Å². The molecule has 1 saturated heterocycles. The van der Waals surface area contributed by atoms with E-state index in [1.807, 2.05) is 0 Å². The fraction of sp³-hybridized carbons (Fsp3) is 0.455. The molecule has 1 aromatic heterocycles. The third kappa shape index (κ3) is 4.63. The van der Waals surface area contributed by atoms with Crippen LogP contribution in [0.5, 0.6) is 0 Å². The zero-order valence-corrected chi connectivity index (χ0v) is 18.9. The summed E-state index contributed by atoms with van der Waals surface area (Å²) in [5.41, 5.74) is -0.142. The van der Waals surface area contributed by atoms with Gasteiger partial charge in [0.15, 0.2) is 10.8 Å². The predicted molar refractivity (Wildman–Crippen MR) is 114 cm³/mol. The summed E-state index contributed by atoms with van der Waals surface area (Å²) in [5.74, 6) is -2.31. The van der Waals surface area contributed by atoms with E-state index in [0.717, 1.165) is 6.07 Å². The van der Waals surface area contributed by atoms with Gasteiger partial charge in [-0.05, 0) is 37.5 Å². The lowest BCUT2D eigenvalue weighted by molar-refractivity contribution is -0.192. The van der Waals surface area contributed by atoms with Gasteiger partial charge in [0, 0.05) is 18.5 Å². The largest absolute Gasteiger partial charge is 0.461 e. The van der Waals surface area contributed by atoms with Crippen molar-refractivity contribution in [1.82, 2.24) is 15.0 Å². The topological polar surface area (TPSA) is 93.7 Å². The third-order valence-electron chi connectivity index (χ3n) is 5.90. The molecule has 0 spiro atoms. The van der Waals surface area contributed by atoms with E-state index in [1.54, 1.807) is 13.8 Å². The van der Waals surface area contributed by atoms with Crippen LogP contribution in [0.4, 0.5) is 14.5 Å². The average Bonchev–Trinajstić information content (AvgIpc) is 3.22. The van der Waals surface area contributed by atoms with Gasteiger partial charge in [0.25, 0.3) is 5.91 Å². The number of benzene rings is 1. The van der Waals surface area contributed by atoms with Crippen molar-refractivity contribution in [3.05, 3.63) is 52.6 Å². The highest BCUT2D eigenvalue weighted by atomic mass is 35.5. The molecule has 176 valence electrons. The number of aromatic nitrogens is 2. The number of rotatable bonds is 6. The second-order valence-corrected chi connectivity index (χ2v) is 8.75. The fourth-order valence-electron chi connectivity index (χ4n) is 4.36. The van der Waals surface area contributed by atoms with Crippen LogP contribution in [0, 0.1) is 17.0 Å². The Morgan fingerprint density at radius 1 is 1.27 bits per heavy atom. The Hall–Kier alpha value is -2.85. The molecule has 0 bridgehead atoms. The van der Waals surface area contributed by atoms with Gasteiger partial charge in [-0.1, -0.05) is 18.5 Å². The van der Waals surface area contributed by atoms with Crippen LogP contribution >= 0.6 is 11.6 Å². The van der Waals surface area contributed by atoms with Crippen LogP contribution in [0.3, 0.4) is 0 Å². The Labute approximate surface area is 194 Å². The quantitative estimate of drug-likeness (QED) is 0.492. The minimum absolute atomic E-state index is 0.0212. The summed E-state index contributed by atoms with van der Waals surface area (Å²) in [4.78, 5) is 38.9. The predicted octanol–water partition coefficient (Wildman–Crippen LogP) is 4.07. The van der Waals surface area contributed by atoms with Crippen molar-refractivity contribution in [2.45, 2.75) is 45.2 Å². The molecule has 2 aliphatic rings. The maximum absolute atomic E-state index is 13.7. The number of hydroxylamine groups is 2. The smallest absolute Gasteiger partial charge is 0.359 e. The molecular formula is C22H23ClF2N4O4. The first kappa shape index (κ1) is 23.3. The Morgan fingerprint density at radius 2 is 1.97 bits per heavy atom. The second kappa shape index (κ2) is 9.18. The summed E-state index contributed by atoms with van der Waals surface area (Å²) >= 11 is 6.17. The molecule has 1 atom stereocenters. The number of hydrogen-bond acceptors (Lipinski definition) is 7. The Bertz CT molecular complexity index is 1060. The van der Waals surface area contributed by atoms with Gasteiger partial charge < -0.3 is 10.1 Å². The first-order valence-corrected chi connectivity index (χ1v) is 11.0. The van der Waals surface area contributed by atoms with Crippen LogP contribution in [0.2, 0.25) is 5.15 Å². The van der Waals surface area contributed by atoms with E-state index in [9.17, 15) is 18.4 Å². The van der Waals surface area contributed by atoms with Crippen molar-refractivity contribution in [3.63, 3.8) is 0 Å². The van der Waals surface area contributed by atoms with Crippen molar-refractivity contribution in [2.75, 3.05) is 18.5 Å². The summed E-state index contributed by atoms with van der Waals surface area (Å²) in [6.45, 7) is 3.94. The van der Waals surface area contributed by atoms with Gasteiger partial charge in [0.1, 0.15) is 23.6 Å². The molecule has 1 saturated carbocycles. The van der Waals surface area contributed by atoms with Crippen LogP contribution in [0.1, 0.15) is 55.2 Å². The number of carbonyl (C=O) groups is 2. The molecule has 4 rings (SSSR count). The normalized spacial score (nSPS) is 24.3. The number of ether oxygens (including phenoxy) is 1. The number of hydrogen-bond donors (Lipinski definition) is 1. The fourth-order valence-corrected chi connectivity index (χ4v) is 4.55. The van der Waals surface area contributed by atoms with Crippen molar-refractivity contribution >= 4 is 29.2 Å². The number of nitrogens with zero attached hydrogens (tertiary/aromatic N) is 3. The molecule has 1 aliphatic heterocycles. The monoisotopic (exact) mass is 480 g/mol. The summed E-state index contributed by atoms with van der Waals surface area (Å²) < 4.78 is 32.4. The first-order chi connectivity index (χ1) is 15.7. The highest BCUT2D eigenvalue weighted by Gasteiger charge is 2.51. The van der Waals surface area contributed by atoms with Gasteiger partial charge in [-0.15, -0.1) is 0 Å². The SMILES string of the molecule is CCOC(=O)c1ncnc(Cl)c1NC1CC(C)(C(=O)N2OCC[C@H]2c2cc(F)cc(F)c2)C1. The molecule has 8 nitrogen and oxygen atoms in total. The van der Waals surface area contributed by atoms with Gasteiger partial charge in [-0.2, -0.15) is 0 Å². The maximum Gasteiger partial charge on any atom is 0.359 e. The number of amides is 1. The summed E-state index contributed by atoms with van der Waals surface area (Å²) in [6.07, 6.45) is 2.45. The van der Waals surface area contributed by atoms with Crippen LogP contribution in [-0.4, -0.2) is 46.2 Å². The second-order valence-electron chi connectivity index (χ2n) is 8.39. The Morgan fingerprint density at radius 3 is 2.64 bits per heavy atom. The zero-order chi connectivity index (χ0) is 23.8. The molecule has 33 heavy (non-hydrogen) atoms. The number of nitrogens with one attached hydrogen (secondary N) is 1. The molecule has 2 fully saturated rings. The third-order valence-corrected chi connectivity index (χ3v) is 6.19. The molecule has 1 aliphatic carbocycles. The van der Waals surface area contributed by atoms with Gasteiger partial charge in [0.2, 0.25) is 0 Å². The molecule has 0 radical (unpaired) electrons. The molecule has 1 aromatic carbocycles. The lowest BCUT2D eigenvalue weighted by atomic mass is 9.66. The molecule has 0 unspecified atom stereocenters. The summed E-state index contributed by atoms with van der Waals surface area (Å²) in [5, 5.41) is 4.45. The summed E-state index contributed by atoms with van der Waals surface area (Å²) in [7, 11) is 0. The summed E-state index contributed by atoms with van der Waals surface area (Å²) in [6, 6.07) is 2.47. The minimum Gasteiger partial charge on any atom is -0.461 e. The highest BCUT2D eigenvalue weighted by Crippen LogP contribution is 2.47. The van der Waals surface area contributed by atoms with Crippen molar-refractivity contribution in [2.24, 2.45) is 5.41 Å². The minimum atomic E-state index is -0.766. The van der Waals surface area contributed by atoms with Gasteiger partial charge in [-0.3, -0.25) is 9.63 Å². The van der Waals surface area contributed by atoms with Crippen LogP contribution in [0.15, 0.2) is 24.5 Å². The standard InChI is InChI=1S/C22H23ClF2N4O4/c1-3-32-20(30)18-17(19(23)27-11-26-18)28-15-9-22(2,10-15)21(31)29-16(4-5-33-29)12-6-13(24)8-14(25)7-12/h6-8,11,15-16,28H,3-5,9-10H2,1-2H3/t15?,16-,22?/m0/s1. The lowest BCUT2D eigenvalue weighted by Crippen LogP contribution is -2.53. The van der Waals surface area contributed by atoms with Gasteiger partial charge in [0.05, 0.1) is 24.7 Å². The van der Waals surface area contributed by atoms with Crippen LogP contribution in [-0.2, 0) is 14.4 Å². The highest BCUT2D eigenvalue weighted by molar-refractivity contribution is 6.32. The van der Waals surface area contributed by atoms with E-state index in [2.05, 4.69) is 15.3 Å². The van der Waals surface area contributed by atoms with Gasteiger partial charge in [-0.25, -0.2) is 28.6 Å². The first-order valence-electron chi connectivity index (χ1n) is 10.6. The van der Waals surface area contributed by atoms with Gasteiger partial charge >= 0.3 is 5.97 Å². The number of anilines is 1. The van der Waals surface area contributed by atoms with Crippen LogP contribution < -0.4 is 5.32 Å². The van der Waals surface area contributed by atoms with E-state index in [4.69, 9.17) is 21.2 Å². The number of esters is 1. The van der Waals surface area contributed by atoms with Crippen molar-refractivity contribution in [1.29, 1.82) is 0 Å². The molecule has 2 aromatic rings. The average molecular weight is 481 g/mol. The van der Waals surface area contributed by atoms with E-state index in [-0.39, 0.29) is 41.7 Å². The molecule has 1 N–H and O–H groups in total. The van der Waals surface area contributed by atoms with E-state index in [1.165, 1.54) is 23.5 Å². The lowest BCUT2D eigenvalue weighted by Gasteiger charge is -2.46. The zero-order valence-electron chi connectivity index (χ0n) is 18.1. The van der Waals surface area contributed by atoms with E-state index >= 15 is 0 Å². The Balaban J connectivity index is 1.46. The van der Waals surface area contributed by atoms with E-state index < -0.39 is 29.1 Å². The number of halogens is 3. The Kier molecular flexibility index (Phi) is 6.49. The van der Waals surface area contributed by atoms with Crippen molar-refractivity contribution < 1.29 is 27.9 Å². The molecular weight excluding hydrogens is 458 g/mol. The van der Waals surface area contributed by atoms with E-state index in [0.29, 0.717) is 24.8 Å². The molecule has 2 heterocycles. The molecule has 1 amide bonds.